The highest BCUT2D eigenvalue weighted by molar-refractivity contribution is 8.06. The smallest absolute Gasteiger partial charge is 0.144 e. The van der Waals surface area contributed by atoms with Crippen molar-refractivity contribution in [2.75, 3.05) is 29.1 Å². The van der Waals surface area contributed by atoms with Gasteiger partial charge >= 0.3 is 0 Å². The van der Waals surface area contributed by atoms with Gasteiger partial charge in [-0.3, -0.25) is 0 Å². The van der Waals surface area contributed by atoms with Crippen molar-refractivity contribution >= 4 is 46.5 Å². The molecule has 1 aliphatic rings. The first-order valence-electron chi connectivity index (χ1n) is 5.31. The Balaban J connectivity index is 1.84. The van der Waals surface area contributed by atoms with Crippen LogP contribution in [0.4, 0.5) is 5.82 Å². The Labute approximate surface area is 115 Å². The molecule has 7 heteroatoms. The van der Waals surface area contributed by atoms with Crippen LogP contribution < -0.4 is 11.1 Å². The molecular weight excluding hydrogens is 272 g/mol. The van der Waals surface area contributed by atoms with Crippen LogP contribution in [-0.4, -0.2) is 44.0 Å². The van der Waals surface area contributed by atoms with Gasteiger partial charge in [0, 0.05) is 29.1 Å². The minimum Gasteiger partial charge on any atom is -0.388 e. The molecule has 0 radical (unpaired) electrons. The van der Waals surface area contributed by atoms with Gasteiger partial charge in [-0.2, -0.15) is 23.5 Å². The lowest BCUT2D eigenvalue weighted by molar-refractivity contribution is 0.986. The maximum Gasteiger partial charge on any atom is 0.144 e. The van der Waals surface area contributed by atoms with E-state index >= 15 is 0 Å². The van der Waals surface area contributed by atoms with Crippen molar-refractivity contribution in [1.82, 2.24) is 9.97 Å². The van der Waals surface area contributed by atoms with Crippen molar-refractivity contribution in [2.45, 2.75) is 5.25 Å². The Morgan fingerprint density at radius 2 is 2.35 bits per heavy atom. The average Bonchev–Trinajstić information content (AvgIpc) is 2.38. The van der Waals surface area contributed by atoms with Gasteiger partial charge in [-0.1, -0.05) is 12.2 Å². The quantitative estimate of drug-likeness (QED) is 0.811. The number of hydrogen-bond donors (Lipinski definition) is 2. The number of nitrogens with one attached hydrogen (secondary N) is 1. The van der Waals surface area contributed by atoms with Gasteiger partial charge in [0.1, 0.15) is 16.5 Å². The largest absolute Gasteiger partial charge is 0.388 e. The highest BCUT2D eigenvalue weighted by Crippen LogP contribution is 2.23. The SMILES string of the molecule is NC(=S)c1cnc(NCC2CSCCS2)cn1. The third-order valence-corrected chi connectivity index (χ3v) is 5.35. The first kappa shape index (κ1) is 12.9. The fourth-order valence-electron chi connectivity index (χ4n) is 1.42. The summed E-state index contributed by atoms with van der Waals surface area (Å²) in [6.45, 7) is 0.929. The van der Waals surface area contributed by atoms with Crippen molar-refractivity contribution in [3.05, 3.63) is 18.1 Å². The second kappa shape index (κ2) is 6.42. The third-order valence-electron chi connectivity index (χ3n) is 2.30. The molecule has 1 unspecified atom stereocenters. The van der Waals surface area contributed by atoms with Crippen LogP contribution in [0.3, 0.4) is 0 Å². The van der Waals surface area contributed by atoms with E-state index in [9.17, 15) is 0 Å². The number of anilines is 1. The van der Waals surface area contributed by atoms with Gasteiger partial charge in [0.05, 0.1) is 12.4 Å². The fraction of sp³-hybridized carbons (Fsp3) is 0.500. The van der Waals surface area contributed by atoms with E-state index in [4.69, 9.17) is 18.0 Å². The lowest BCUT2D eigenvalue weighted by Crippen LogP contribution is -2.23. The van der Waals surface area contributed by atoms with Crippen molar-refractivity contribution < 1.29 is 0 Å². The zero-order chi connectivity index (χ0) is 12.1. The van der Waals surface area contributed by atoms with Gasteiger partial charge in [-0.25, -0.2) is 9.97 Å². The molecule has 0 amide bonds. The number of hydrogen-bond acceptors (Lipinski definition) is 6. The molecule has 1 aromatic heterocycles. The van der Waals surface area contributed by atoms with E-state index in [0.29, 0.717) is 10.9 Å². The average molecular weight is 286 g/mol. The van der Waals surface area contributed by atoms with Gasteiger partial charge in [-0.15, -0.1) is 0 Å². The van der Waals surface area contributed by atoms with Gasteiger partial charge < -0.3 is 11.1 Å². The molecule has 0 spiro atoms. The Bertz CT molecular complexity index is 376. The maximum absolute atomic E-state index is 5.46. The Hall–Kier alpha value is -0.530. The number of nitrogens with zero attached hydrogens (tertiary/aromatic N) is 2. The molecule has 1 fully saturated rings. The summed E-state index contributed by atoms with van der Waals surface area (Å²) >= 11 is 8.85. The number of thioether (sulfide) groups is 2. The first-order valence-corrected chi connectivity index (χ1v) is 7.92. The third kappa shape index (κ3) is 4.01. The predicted molar refractivity (Wildman–Crippen MR) is 80.0 cm³/mol. The number of nitrogens with two attached hydrogens (primary N) is 1. The highest BCUT2D eigenvalue weighted by atomic mass is 32.2. The van der Waals surface area contributed by atoms with Gasteiger partial charge in [0.2, 0.25) is 0 Å². The standard InChI is InChI=1S/C10H14N4S3/c11-10(15)8-4-14-9(5-12-8)13-3-7-6-16-1-2-17-7/h4-5,7H,1-3,6H2,(H2,11,15)(H,13,14). The Kier molecular flexibility index (Phi) is 4.87. The van der Waals surface area contributed by atoms with Crippen LogP contribution in [0.2, 0.25) is 0 Å². The van der Waals surface area contributed by atoms with E-state index < -0.39 is 0 Å². The topological polar surface area (TPSA) is 63.8 Å². The zero-order valence-corrected chi connectivity index (χ0v) is 11.7. The first-order chi connectivity index (χ1) is 8.25. The molecule has 3 N–H and O–H groups in total. The van der Waals surface area contributed by atoms with Crippen LogP contribution in [0.25, 0.3) is 0 Å². The van der Waals surface area contributed by atoms with Crippen molar-refractivity contribution in [2.24, 2.45) is 5.73 Å². The minimum absolute atomic E-state index is 0.281. The molecule has 4 nitrogen and oxygen atoms in total. The van der Waals surface area contributed by atoms with E-state index in [1.165, 1.54) is 17.3 Å². The maximum atomic E-state index is 5.46. The molecule has 0 aromatic carbocycles. The summed E-state index contributed by atoms with van der Waals surface area (Å²) in [5, 5.41) is 3.95. The van der Waals surface area contributed by atoms with Gasteiger partial charge in [0.25, 0.3) is 0 Å². The van der Waals surface area contributed by atoms with Crippen LogP contribution in [0.1, 0.15) is 5.69 Å². The number of aromatic nitrogens is 2. The van der Waals surface area contributed by atoms with Crippen LogP contribution in [0.15, 0.2) is 12.4 Å². The molecule has 92 valence electrons. The molecule has 1 aromatic rings. The molecule has 17 heavy (non-hydrogen) atoms. The molecule has 1 saturated heterocycles. The molecule has 2 rings (SSSR count). The minimum atomic E-state index is 0.281. The van der Waals surface area contributed by atoms with E-state index in [2.05, 4.69) is 15.3 Å². The molecule has 1 aliphatic heterocycles. The van der Waals surface area contributed by atoms with Crippen molar-refractivity contribution in [3.8, 4) is 0 Å². The molecule has 0 bridgehead atoms. The summed E-state index contributed by atoms with van der Waals surface area (Å²) in [6, 6.07) is 0. The lowest BCUT2D eigenvalue weighted by Gasteiger charge is -2.21. The van der Waals surface area contributed by atoms with Crippen LogP contribution >= 0.6 is 35.7 Å². The van der Waals surface area contributed by atoms with E-state index in [-0.39, 0.29) is 4.99 Å². The molecule has 0 saturated carbocycles. The van der Waals surface area contributed by atoms with Gasteiger partial charge in [-0.05, 0) is 0 Å². The van der Waals surface area contributed by atoms with Crippen molar-refractivity contribution in [3.63, 3.8) is 0 Å². The van der Waals surface area contributed by atoms with Crippen LogP contribution in [0, 0.1) is 0 Å². The summed E-state index contributed by atoms with van der Waals surface area (Å²) < 4.78 is 0. The summed E-state index contributed by atoms with van der Waals surface area (Å²) in [6.07, 6.45) is 3.28. The molecule has 2 heterocycles. The molecular formula is C10H14N4S3. The van der Waals surface area contributed by atoms with Crippen LogP contribution in [0.5, 0.6) is 0 Å². The number of rotatable bonds is 4. The zero-order valence-electron chi connectivity index (χ0n) is 9.26. The number of thiocarbonyl (C=S) groups is 1. The van der Waals surface area contributed by atoms with E-state index in [1.807, 2.05) is 23.5 Å². The lowest BCUT2D eigenvalue weighted by atomic mass is 10.4. The summed E-state index contributed by atoms with van der Waals surface area (Å²) in [5.41, 5.74) is 6.02. The summed E-state index contributed by atoms with van der Waals surface area (Å²) in [7, 11) is 0. The van der Waals surface area contributed by atoms with E-state index in [0.717, 1.165) is 12.4 Å². The second-order valence-electron chi connectivity index (χ2n) is 3.60. The monoisotopic (exact) mass is 286 g/mol. The van der Waals surface area contributed by atoms with Crippen LogP contribution in [-0.2, 0) is 0 Å². The van der Waals surface area contributed by atoms with Crippen molar-refractivity contribution in [1.29, 1.82) is 0 Å². The molecule has 1 atom stereocenters. The highest BCUT2D eigenvalue weighted by Gasteiger charge is 2.13. The summed E-state index contributed by atoms with van der Waals surface area (Å²) in [4.78, 5) is 8.65. The predicted octanol–water partition coefficient (Wildman–Crippen LogP) is 1.37. The van der Waals surface area contributed by atoms with E-state index in [1.54, 1.807) is 12.4 Å². The Morgan fingerprint density at radius 1 is 1.47 bits per heavy atom. The molecule has 0 aliphatic carbocycles. The second-order valence-corrected chi connectivity index (χ2v) is 6.60. The summed E-state index contributed by atoms with van der Waals surface area (Å²) in [5.74, 6) is 4.49. The Morgan fingerprint density at radius 3 is 2.94 bits per heavy atom. The fourth-order valence-corrected chi connectivity index (χ4v) is 4.14. The van der Waals surface area contributed by atoms with Gasteiger partial charge in [0.15, 0.2) is 0 Å². The normalized spacial score (nSPS) is 19.9.